The van der Waals surface area contributed by atoms with Crippen LogP contribution in [0.2, 0.25) is 0 Å². The number of benzene rings is 1. The van der Waals surface area contributed by atoms with Gasteiger partial charge in [0, 0.05) is 19.0 Å². The summed E-state index contributed by atoms with van der Waals surface area (Å²) in [7, 11) is 2.27. The Bertz CT molecular complexity index is 368. The first-order chi connectivity index (χ1) is 8.30. The third kappa shape index (κ3) is 2.00. The number of hydrogen-bond acceptors (Lipinski definition) is 2. The van der Waals surface area contributed by atoms with Crippen molar-refractivity contribution in [3.63, 3.8) is 0 Å². The predicted molar refractivity (Wildman–Crippen MR) is 71.2 cm³/mol. The highest BCUT2D eigenvalue weighted by Crippen LogP contribution is 2.48. The van der Waals surface area contributed by atoms with Crippen LogP contribution in [0.3, 0.4) is 0 Å². The summed E-state index contributed by atoms with van der Waals surface area (Å²) in [5.74, 6) is 0.732. The fourth-order valence-corrected chi connectivity index (χ4v) is 3.79. The molecular weight excluding hydrogens is 208 g/mol. The van der Waals surface area contributed by atoms with Crippen molar-refractivity contribution in [2.45, 2.75) is 18.8 Å². The van der Waals surface area contributed by atoms with E-state index in [4.69, 9.17) is 0 Å². The molecule has 1 atom stereocenters. The van der Waals surface area contributed by atoms with Gasteiger partial charge in [0.1, 0.15) is 0 Å². The van der Waals surface area contributed by atoms with Gasteiger partial charge >= 0.3 is 0 Å². The molecule has 2 nitrogen and oxygen atoms in total. The maximum absolute atomic E-state index is 3.50. The summed E-state index contributed by atoms with van der Waals surface area (Å²) < 4.78 is 0. The Morgan fingerprint density at radius 1 is 1.18 bits per heavy atom. The molecular formula is C15H22N2. The number of nitrogens with zero attached hydrogens (tertiary/aromatic N) is 1. The monoisotopic (exact) mass is 230 g/mol. The molecule has 2 heterocycles. The summed E-state index contributed by atoms with van der Waals surface area (Å²) in [5, 5.41) is 3.50. The van der Waals surface area contributed by atoms with Gasteiger partial charge in [-0.25, -0.2) is 0 Å². The van der Waals surface area contributed by atoms with Crippen molar-refractivity contribution in [3.05, 3.63) is 35.9 Å². The quantitative estimate of drug-likeness (QED) is 0.794. The lowest BCUT2D eigenvalue weighted by Crippen LogP contribution is -2.41. The molecule has 2 aliphatic heterocycles. The van der Waals surface area contributed by atoms with Crippen molar-refractivity contribution in [2.24, 2.45) is 5.41 Å². The average Bonchev–Trinajstić information content (AvgIpc) is 2.68. The van der Waals surface area contributed by atoms with Gasteiger partial charge in [0.2, 0.25) is 0 Å². The van der Waals surface area contributed by atoms with E-state index in [1.807, 2.05) is 0 Å². The van der Waals surface area contributed by atoms with Gasteiger partial charge in [-0.15, -0.1) is 0 Å². The first-order valence-electron chi connectivity index (χ1n) is 6.74. The summed E-state index contributed by atoms with van der Waals surface area (Å²) in [5.41, 5.74) is 2.07. The number of hydrogen-bond donors (Lipinski definition) is 1. The molecule has 92 valence electrons. The Balaban J connectivity index is 1.91. The summed E-state index contributed by atoms with van der Waals surface area (Å²) in [6, 6.07) is 11.1. The number of nitrogens with one attached hydrogen (secondary N) is 1. The number of likely N-dealkylation sites (N-methyl/N-ethyl adjacent to an activating group) is 1. The lowest BCUT2D eigenvalue weighted by atomic mass is 9.69. The van der Waals surface area contributed by atoms with Crippen molar-refractivity contribution in [1.29, 1.82) is 0 Å². The van der Waals surface area contributed by atoms with Crippen LogP contribution in [0, 0.1) is 5.41 Å². The van der Waals surface area contributed by atoms with E-state index in [9.17, 15) is 0 Å². The maximum atomic E-state index is 3.50. The minimum absolute atomic E-state index is 0.529. The molecule has 1 aromatic rings. The average molecular weight is 230 g/mol. The van der Waals surface area contributed by atoms with E-state index < -0.39 is 0 Å². The van der Waals surface area contributed by atoms with Crippen LogP contribution >= 0.6 is 0 Å². The van der Waals surface area contributed by atoms with Gasteiger partial charge in [0.25, 0.3) is 0 Å². The predicted octanol–water partition coefficient (Wildman–Crippen LogP) is 2.09. The van der Waals surface area contributed by atoms with Crippen molar-refractivity contribution in [2.75, 3.05) is 33.2 Å². The molecule has 0 radical (unpaired) electrons. The molecule has 2 fully saturated rings. The molecule has 3 rings (SSSR count). The van der Waals surface area contributed by atoms with E-state index >= 15 is 0 Å². The third-order valence-electron chi connectivity index (χ3n) is 4.62. The first kappa shape index (κ1) is 11.2. The van der Waals surface area contributed by atoms with Gasteiger partial charge in [-0.3, -0.25) is 0 Å². The van der Waals surface area contributed by atoms with Crippen LogP contribution in [0.5, 0.6) is 0 Å². The summed E-state index contributed by atoms with van der Waals surface area (Å²) in [4.78, 5) is 2.52. The minimum atomic E-state index is 0.529. The number of likely N-dealkylation sites (tertiary alicyclic amines) is 1. The Labute approximate surface area is 104 Å². The Morgan fingerprint density at radius 3 is 2.59 bits per heavy atom. The van der Waals surface area contributed by atoms with Gasteiger partial charge in [0.15, 0.2) is 0 Å². The zero-order valence-corrected chi connectivity index (χ0v) is 10.7. The number of piperidine rings is 1. The van der Waals surface area contributed by atoms with Gasteiger partial charge in [-0.05, 0) is 44.0 Å². The minimum Gasteiger partial charge on any atom is -0.317 e. The first-order valence-corrected chi connectivity index (χ1v) is 6.74. The summed E-state index contributed by atoms with van der Waals surface area (Å²) in [6.07, 6.45) is 2.66. The largest absolute Gasteiger partial charge is 0.317 e. The highest BCUT2D eigenvalue weighted by molar-refractivity contribution is 5.25. The third-order valence-corrected chi connectivity index (χ3v) is 4.62. The Kier molecular flexibility index (Phi) is 2.93. The highest BCUT2D eigenvalue weighted by Gasteiger charge is 2.46. The lowest BCUT2D eigenvalue weighted by molar-refractivity contribution is 0.187. The van der Waals surface area contributed by atoms with Crippen molar-refractivity contribution < 1.29 is 0 Å². The second kappa shape index (κ2) is 4.43. The van der Waals surface area contributed by atoms with Crippen LogP contribution in [0.25, 0.3) is 0 Å². The second-order valence-corrected chi connectivity index (χ2v) is 5.77. The molecule has 1 aromatic carbocycles. The van der Waals surface area contributed by atoms with Gasteiger partial charge in [-0.1, -0.05) is 30.3 Å². The van der Waals surface area contributed by atoms with E-state index in [-0.39, 0.29) is 0 Å². The van der Waals surface area contributed by atoms with E-state index in [0.29, 0.717) is 5.41 Å². The molecule has 2 aliphatic rings. The molecule has 0 amide bonds. The molecule has 1 unspecified atom stereocenters. The molecule has 0 aromatic heterocycles. The molecule has 1 spiro atoms. The normalized spacial score (nSPS) is 28.6. The molecule has 0 bridgehead atoms. The smallest absolute Gasteiger partial charge is 0.00533 e. The van der Waals surface area contributed by atoms with E-state index in [0.717, 1.165) is 5.92 Å². The fourth-order valence-electron chi connectivity index (χ4n) is 3.79. The van der Waals surface area contributed by atoms with Crippen LogP contribution < -0.4 is 5.32 Å². The highest BCUT2D eigenvalue weighted by atomic mass is 15.1. The maximum Gasteiger partial charge on any atom is 0.00533 e. The summed E-state index contributed by atoms with van der Waals surface area (Å²) in [6.45, 7) is 4.88. The number of rotatable bonds is 1. The van der Waals surface area contributed by atoms with Gasteiger partial charge in [0.05, 0.1) is 0 Å². The topological polar surface area (TPSA) is 15.3 Å². The molecule has 1 N–H and O–H groups in total. The molecule has 0 aliphatic carbocycles. The van der Waals surface area contributed by atoms with E-state index in [1.54, 1.807) is 5.56 Å². The van der Waals surface area contributed by atoms with Crippen LogP contribution in [-0.4, -0.2) is 38.1 Å². The molecule has 2 heteroatoms. The Morgan fingerprint density at radius 2 is 1.88 bits per heavy atom. The SMILES string of the molecule is CN1CC(c2ccccc2)C2(CCNCC2)C1. The van der Waals surface area contributed by atoms with Gasteiger partial charge in [-0.2, -0.15) is 0 Å². The van der Waals surface area contributed by atoms with Crippen LogP contribution in [-0.2, 0) is 0 Å². The van der Waals surface area contributed by atoms with E-state index in [1.165, 1.54) is 39.0 Å². The van der Waals surface area contributed by atoms with Gasteiger partial charge < -0.3 is 10.2 Å². The van der Waals surface area contributed by atoms with Crippen LogP contribution in [0.1, 0.15) is 24.3 Å². The van der Waals surface area contributed by atoms with Crippen molar-refractivity contribution in [1.82, 2.24) is 10.2 Å². The van der Waals surface area contributed by atoms with E-state index in [2.05, 4.69) is 47.6 Å². The summed E-state index contributed by atoms with van der Waals surface area (Å²) >= 11 is 0. The van der Waals surface area contributed by atoms with Crippen molar-refractivity contribution in [3.8, 4) is 0 Å². The lowest BCUT2D eigenvalue weighted by Gasteiger charge is -2.39. The molecule has 0 saturated carbocycles. The van der Waals surface area contributed by atoms with Crippen LogP contribution in [0.15, 0.2) is 30.3 Å². The Hall–Kier alpha value is -0.860. The van der Waals surface area contributed by atoms with Crippen molar-refractivity contribution >= 4 is 0 Å². The standard InChI is InChI=1S/C15H22N2/c1-17-11-14(13-5-3-2-4-6-13)15(12-17)7-9-16-10-8-15/h2-6,14,16H,7-12H2,1H3. The fraction of sp³-hybridized carbons (Fsp3) is 0.600. The van der Waals surface area contributed by atoms with Crippen LogP contribution in [0.4, 0.5) is 0 Å². The molecule has 2 saturated heterocycles. The molecule has 17 heavy (non-hydrogen) atoms. The second-order valence-electron chi connectivity index (χ2n) is 5.77. The zero-order valence-electron chi connectivity index (χ0n) is 10.7. The zero-order chi connectivity index (χ0) is 11.7.